The molecule has 0 saturated heterocycles. The van der Waals surface area contributed by atoms with Gasteiger partial charge < -0.3 is 4.57 Å². The van der Waals surface area contributed by atoms with E-state index in [2.05, 4.69) is 35.0 Å². The second-order valence-corrected chi connectivity index (χ2v) is 6.53. The molecule has 6 heteroatoms. The molecular weight excluding hydrogens is 304 g/mol. The number of aryl methyl sites for hydroxylation is 4. The Morgan fingerprint density at radius 3 is 2.76 bits per heavy atom. The number of rotatable bonds is 5. The van der Waals surface area contributed by atoms with Crippen molar-refractivity contribution in [2.24, 2.45) is 0 Å². The van der Waals surface area contributed by atoms with Crippen molar-refractivity contribution >= 4 is 34.1 Å². The van der Waals surface area contributed by atoms with Crippen molar-refractivity contribution in [2.45, 2.75) is 40.3 Å². The monoisotopic (exact) mass is 322 g/mol. The van der Waals surface area contributed by atoms with Crippen LogP contribution in [-0.4, -0.2) is 25.2 Å². The fourth-order valence-corrected chi connectivity index (χ4v) is 3.70. The van der Waals surface area contributed by atoms with Gasteiger partial charge in [-0.3, -0.25) is 0 Å². The van der Waals surface area contributed by atoms with Gasteiger partial charge in [0.25, 0.3) is 0 Å². The molecule has 3 aromatic heterocycles. The summed E-state index contributed by atoms with van der Waals surface area (Å²) in [6.07, 6.45) is 0.782. The Labute approximate surface area is 133 Å². The highest BCUT2D eigenvalue weighted by molar-refractivity contribution is 7.10. The predicted molar refractivity (Wildman–Crippen MR) is 88.5 cm³/mol. The first-order valence-corrected chi connectivity index (χ1v) is 8.58. The predicted octanol–water partition coefficient (Wildman–Crippen LogP) is 3.76. The number of imidazole rings is 1. The summed E-state index contributed by atoms with van der Waals surface area (Å²) < 4.78 is 4.32. The number of halogens is 1. The number of thiophene rings is 1. The number of nitrogens with zero attached hydrogens (tertiary/aromatic N) is 4. The summed E-state index contributed by atoms with van der Waals surface area (Å²) in [5, 5.41) is 6.73. The second kappa shape index (κ2) is 5.81. The Bertz CT molecular complexity index is 768. The van der Waals surface area contributed by atoms with E-state index in [1.807, 2.05) is 11.6 Å². The summed E-state index contributed by atoms with van der Waals surface area (Å²) in [6, 6.07) is 2.16. The van der Waals surface area contributed by atoms with E-state index in [4.69, 9.17) is 16.6 Å². The maximum absolute atomic E-state index is 5.96. The normalized spacial score (nSPS) is 11.6. The van der Waals surface area contributed by atoms with E-state index < -0.39 is 0 Å². The van der Waals surface area contributed by atoms with E-state index >= 15 is 0 Å². The molecule has 3 heterocycles. The number of aromatic nitrogens is 4. The van der Waals surface area contributed by atoms with E-state index in [1.54, 1.807) is 11.3 Å². The molecule has 0 atom stereocenters. The third kappa shape index (κ3) is 2.49. The van der Waals surface area contributed by atoms with Crippen molar-refractivity contribution < 1.29 is 0 Å². The Morgan fingerprint density at radius 2 is 2.14 bits per heavy atom. The molecule has 0 amide bonds. The molecule has 3 aromatic rings. The summed E-state index contributed by atoms with van der Waals surface area (Å²) in [5.41, 5.74) is 4.44. The fraction of sp³-hybridized carbons (Fsp3) is 0.467. The maximum Gasteiger partial charge on any atom is 0.159 e. The van der Waals surface area contributed by atoms with Gasteiger partial charge in [-0.25, -0.2) is 9.67 Å². The van der Waals surface area contributed by atoms with Crippen molar-refractivity contribution in [1.29, 1.82) is 0 Å². The molecule has 0 bridgehead atoms. The quantitative estimate of drug-likeness (QED) is 0.670. The minimum atomic E-state index is 0.585. The number of alkyl halides is 1. The first-order valence-electron chi connectivity index (χ1n) is 7.17. The van der Waals surface area contributed by atoms with Crippen LogP contribution in [0.1, 0.15) is 28.9 Å². The number of hydrogen-bond donors (Lipinski definition) is 0. The zero-order chi connectivity index (χ0) is 15.0. The van der Waals surface area contributed by atoms with E-state index in [9.17, 15) is 0 Å². The molecule has 0 aromatic carbocycles. The molecule has 0 unspecified atom stereocenters. The number of hydrogen-bond acceptors (Lipinski definition) is 3. The topological polar surface area (TPSA) is 35.6 Å². The molecule has 4 nitrogen and oxygen atoms in total. The van der Waals surface area contributed by atoms with Gasteiger partial charge in [-0.05, 0) is 37.8 Å². The molecule has 0 saturated carbocycles. The minimum Gasteiger partial charge on any atom is -0.308 e. The molecule has 112 valence electrons. The fourth-order valence-electron chi connectivity index (χ4n) is 2.64. The summed E-state index contributed by atoms with van der Waals surface area (Å²) in [5.74, 6) is 1.64. The van der Waals surface area contributed by atoms with Crippen LogP contribution in [0.4, 0.5) is 0 Å². The van der Waals surface area contributed by atoms with Crippen LogP contribution in [0.2, 0.25) is 0 Å². The molecule has 0 aliphatic heterocycles. The van der Waals surface area contributed by atoms with Gasteiger partial charge in [0.1, 0.15) is 11.3 Å². The molecule has 0 fully saturated rings. The van der Waals surface area contributed by atoms with Gasteiger partial charge in [-0.2, -0.15) is 5.10 Å². The van der Waals surface area contributed by atoms with E-state index in [0.29, 0.717) is 5.88 Å². The van der Waals surface area contributed by atoms with Gasteiger partial charge in [0.15, 0.2) is 5.65 Å². The zero-order valence-electron chi connectivity index (χ0n) is 12.6. The Kier molecular flexibility index (Phi) is 4.04. The number of fused-ring (bicyclic) bond motifs is 1. The molecule has 0 aliphatic rings. The minimum absolute atomic E-state index is 0.585. The van der Waals surface area contributed by atoms with Crippen LogP contribution in [0.3, 0.4) is 0 Å². The van der Waals surface area contributed by atoms with Gasteiger partial charge in [-0.15, -0.1) is 22.9 Å². The van der Waals surface area contributed by atoms with Crippen LogP contribution in [0, 0.1) is 13.8 Å². The molecule has 0 spiro atoms. The van der Waals surface area contributed by atoms with Crippen molar-refractivity contribution in [2.75, 3.05) is 5.88 Å². The van der Waals surface area contributed by atoms with Crippen molar-refractivity contribution in [1.82, 2.24) is 19.3 Å². The molecule has 0 aliphatic carbocycles. The Morgan fingerprint density at radius 1 is 1.33 bits per heavy atom. The van der Waals surface area contributed by atoms with Crippen LogP contribution in [0.5, 0.6) is 0 Å². The van der Waals surface area contributed by atoms with Gasteiger partial charge in [0, 0.05) is 23.7 Å². The first kappa shape index (κ1) is 14.6. The van der Waals surface area contributed by atoms with Crippen LogP contribution < -0.4 is 0 Å². The third-order valence-electron chi connectivity index (χ3n) is 3.77. The summed E-state index contributed by atoms with van der Waals surface area (Å²) >= 11 is 7.75. The average molecular weight is 323 g/mol. The third-order valence-corrected chi connectivity index (χ3v) is 4.96. The van der Waals surface area contributed by atoms with Gasteiger partial charge in [-0.1, -0.05) is 0 Å². The first-order chi connectivity index (χ1) is 10.2. The van der Waals surface area contributed by atoms with Gasteiger partial charge >= 0.3 is 0 Å². The largest absolute Gasteiger partial charge is 0.308 e. The Hall–Kier alpha value is -1.33. The highest BCUT2D eigenvalue weighted by Gasteiger charge is 2.18. The molecular formula is C15H19ClN4S. The van der Waals surface area contributed by atoms with E-state index in [-0.39, 0.29) is 0 Å². The lowest BCUT2D eigenvalue weighted by molar-refractivity contribution is 0.636. The molecule has 3 rings (SSSR count). The smallest absolute Gasteiger partial charge is 0.159 e. The lowest BCUT2D eigenvalue weighted by atomic mass is 10.3. The van der Waals surface area contributed by atoms with Gasteiger partial charge in [0.05, 0.1) is 12.2 Å². The zero-order valence-corrected chi connectivity index (χ0v) is 14.1. The van der Waals surface area contributed by atoms with Crippen LogP contribution in [0.15, 0.2) is 11.4 Å². The van der Waals surface area contributed by atoms with Crippen LogP contribution in [-0.2, 0) is 19.5 Å². The summed E-state index contributed by atoms with van der Waals surface area (Å²) in [7, 11) is 0. The van der Waals surface area contributed by atoms with E-state index in [1.165, 1.54) is 10.4 Å². The lowest BCUT2D eigenvalue weighted by Crippen LogP contribution is -2.10. The molecule has 0 N–H and O–H groups in total. The standard InChI is InChI=1S/C15H19ClN4S/c1-4-20-15-14(11(3)18-20)17-13(5-7-16)19(15)9-12-10(2)6-8-21-12/h6,8H,4-5,7,9H2,1-3H3. The van der Waals surface area contributed by atoms with Crippen LogP contribution >= 0.6 is 22.9 Å². The highest BCUT2D eigenvalue weighted by Crippen LogP contribution is 2.24. The SMILES string of the molecule is CCn1nc(C)c2nc(CCCl)n(Cc3sccc3C)c21. The van der Waals surface area contributed by atoms with Gasteiger partial charge in [0.2, 0.25) is 0 Å². The van der Waals surface area contributed by atoms with Crippen molar-refractivity contribution in [3.8, 4) is 0 Å². The molecule has 21 heavy (non-hydrogen) atoms. The lowest BCUT2D eigenvalue weighted by Gasteiger charge is -2.09. The second-order valence-electron chi connectivity index (χ2n) is 5.15. The highest BCUT2D eigenvalue weighted by atomic mass is 35.5. The summed E-state index contributed by atoms with van der Waals surface area (Å²) in [6.45, 7) is 7.98. The summed E-state index contributed by atoms with van der Waals surface area (Å²) in [4.78, 5) is 6.15. The van der Waals surface area contributed by atoms with Crippen molar-refractivity contribution in [3.63, 3.8) is 0 Å². The van der Waals surface area contributed by atoms with Crippen molar-refractivity contribution in [3.05, 3.63) is 33.4 Å². The van der Waals surface area contributed by atoms with E-state index in [0.717, 1.165) is 42.2 Å². The average Bonchev–Trinajstić information content (AvgIpc) is 3.10. The van der Waals surface area contributed by atoms with Crippen LogP contribution in [0.25, 0.3) is 11.2 Å². The Balaban J connectivity index is 2.17. The molecule has 0 radical (unpaired) electrons. The maximum atomic E-state index is 5.96.